The molecule has 0 aliphatic rings. The molecule has 0 aliphatic heterocycles. The van der Waals surface area contributed by atoms with Crippen LogP contribution in [0.15, 0.2) is 71.6 Å². The van der Waals surface area contributed by atoms with Crippen molar-refractivity contribution in [2.45, 2.75) is 30.9 Å². The van der Waals surface area contributed by atoms with Crippen LogP contribution in [-0.4, -0.2) is 30.6 Å². The second kappa shape index (κ2) is 9.23. The molecule has 8 heteroatoms. The highest BCUT2D eigenvalue weighted by Crippen LogP contribution is 2.28. The average molecular weight is 453 g/mol. The van der Waals surface area contributed by atoms with Crippen LogP contribution >= 0.6 is 0 Å². The van der Waals surface area contributed by atoms with E-state index in [0.717, 1.165) is 11.1 Å². The van der Waals surface area contributed by atoms with Gasteiger partial charge in [0, 0.05) is 17.3 Å². The van der Waals surface area contributed by atoms with Gasteiger partial charge in [0.25, 0.3) is 5.91 Å². The van der Waals surface area contributed by atoms with Gasteiger partial charge in [-0.15, -0.1) is 0 Å². The van der Waals surface area contributed by atoms with E-state index in [-0.39, 0.29) is 22.0 Å². The van der Waals surface area contributed by atoms with Gasteiger partial charge < -0.3 is 15.7 Å². The van der Waals surface area contributed by atoms with Gasteiger partial charge in [-0.05, 0) is 57.2 Å². The third-order valence-electron chi connectivity index (χ3n) is 4.98. The van der Waals surface area contributed by atoms with Gasteiger partial charge in [0.2, 0.25) is 5.91 Å². The second-order valence-electron chi connectivity index (χ2n) is 7.55. The highest BCUT2D eigenvalue weighted by molar-refractivity contribution is 7.92. The molecule has 0 saturated carbocycles. The molecule has 7 nitrogen and oxygen atoms in total. The number of anilines is 2. The average Bonchev–Trinajstić information content (AvgIpc) is 2.75. The van der Waals surface area contributed by atoms with Crippen molar-refractivity contribution in [3.8, 4) is 5.75 Å². The smallest absolute Gasteiger partial charge is 0.255 e. The van der Waals surface area contributed by atoms with Crippen LogP contribution in [0.3, 0.4) is 0 Å². The number of aryl methyl sites for hydroxylation is 2. The van der Waals surface area contributed by atoms with Crippen molar-refractivity contribution in [3.63, 3.8) is 0 Å². The number of carbonyl (C=O) groups excluding carboxylic acids is 2. The van der Waals surface area contributed by atoms with E-state index in [1.807, 2.05) is 19.9 Å². The first-order valence-corrected chi connectivity index (χ1v) is 11.4. The maximum atomic E-state index is 12.7. The number of aromatic hydroxyl groups is 1. The second-order valence-corrected chi connectivity index (χ2v) is 9.81. The van der Waals surface area contributed by atoms with Crippen LogP contribution in [0.25, 0.3) is 0 Å². The van der Waals surface area contributed by atoms with Crippen LogP contribution in [0.2, 0.25) is 0 Å². The number of phenols is 1. The molecule has 3 aromatic rings. The molecule has 1 unspecified atom stereocenters. The van der Waals surface area contributed by atoms with E-state index in [1.165, 1.54) is 37.3 Å². The lowest BCUT2D eigenvalue weighted by molar-refractivity contribution is -0.115. The lowest BCUT2D eigenvalue weighted by atomic mass is 10.1. The van der Waals surface area contributed by atoms with E-state index >= 15 is 0 Å². The highest BCUT2D eigenvalue weighted by Gasteiger charge is 2.30. The molecular weight excluding hydrogens is 428 g/mol. The Morgan fingerprint density at radius 1 is 0.875 bits per heavy atom. The fourth-order valence-corrected chi connectivity index (χ4v) is 4.28. The topological polar surface area (TPSA) is 113 Å². The first-order chi connectivity index (χ1) is 15.1. The Kier molecular flexibility index (Phi) is 6.64. The summed E-state index contributed by atoms with van der Waals surface area (Å²) < 4.78 is 25.4. The fraction of sp³-hybridized carbons (Fsp3) is 0.167. The van der Waals surface area contributed by atoms with Crippen molar-refractivity contribution in [2.75, 3.05) is 10.6 Å². The van der Waals surface area contributed by atoms with Gasteiger partial charge in [0.05, 0.1) is 10.6 Å². The molecule has 1 atom stereocenters. The van der Waals surface area contributed by atoms with Crippen LogP contribution < -0.4 is 10.6 Å². The van der Waals surface area contributed by atoms with Crippen molar-refractivity contribution < 1.29 is 23.1 Å². The predicted octanol–water partition coefficient (Wildman–Crippen LogP) is 4.06. The van der Waals surface area contributed by atoms with Crippen molar-refractivity contribution in [3.05, 3.63) is 83.4 Å². The van der Waals surface area contributed by atoms with E-state index in [0.29, 0.717) is 5.56 Å². The van der Waals surface area contributed by atoms with Gasteiger partial charge in [-0.2, -0.15) is 0 Å². The molecule has 0 aliphatic carbocycles. The minimum Gasteiger partial charge on any atom is -0.506 e. The van der Waals surface area contributed by atoms with Crippen LogP contribution in [0.4, 0.5) is 11.4 Å². The molecule has 0 heterocycles. The number of nitrogens with one attached hydrogen (secondary N) is 2. The molecule has 3 aromatic carbocycles. The van der Waals surface area contributed by atoms with Gasteiger partial charge in [-0.1, -0.05) is 35.4 Å². The molecule has 0 saturated heterocycles. The normalized spacial score (nSPS) is 12.1. The van der Waals surface area contributed by atoms with Crippen LogP contribution in [0, 0.1) is 13.8 Å². The molecule has 0 radical (unpaired) electrons. The number of hydrogen-bond donors (Lipinski definition) is 3. The number of phenolic OH excluding ortho intramolecular Hbond substituents is 1. The van der Waals surface area contributed by atoms with E-state index in [2.05, 4.69) is 10.6 Å². The van der Waals surface area contributed by atoms with Gasteiger partial charge in [0.15, 0.2) is 9.84 Å². The lowest BCUT2D eigenvalue weighted by Gasteiger charge is -2.15. The van der Waals surface area contributed by atoms with Gasteiger partial charge in [-0.3, -0.25) is 9.59 Å². The molecule has 2 amide bonds. The van der Waals surface area contributed by atoms with Crippen molar-refractivity contribution in [1.82, 2.24) is 0 Å². The Morgan fingerprint density at radius 2 is 1.56 bits per heavy atom. The van der Waals surface area contributed by atoms with Crippen LogP contribution in [0.5, 0.6) is 5.75 Å². The van der Waals surface area contributed by atoms with Crippen LogP contribution in [0.1, 0.15) is 28.4 Å². The van der Waals surface area contributed by atoms with Gasteiger partial charge in [-0.25, -0.2) is 8.42 Å². The summed E-state index contributed by atoms with van der Waals surface area (Å²) in [5.41, 5.74) is 2.64. The Bertz CT molecular complexity index is 1270. The number of rotatable bonds is 6. The van der Waals surface area contributed by atoms with E-state index in [4.69, 9.17) is 0 Å². The van der Waals surface area contributed by atoms with Gasteiger partial charge in [0.1, 0.15) is 11.0 Å². The molecule has 0 spiro atoms. The molecule has 0 fully saturated rings. The monoisotopic (exact) mass is 452 g/mol. The third-order valence-corrected chi connectivity index (χ3v) is 7.05. The van der Waals surface area contributed by atoms with Gasteiger partial charge >= 0.3 is 0 Å². The molecule has 3 N–H and O–H groups in total. The minimum atomic E-state index is -3.88. The summed E-state index contributed by atoms with van der Waals surface area (Å²) in [5.74, 6) is -1.39. The summed E-state index contributed by atoms with van der Waals surface area (Å²) in [6.07, 6.45) is 0. The predicted molar refractivity (Wildman–Crippen MR) is 124 cm³/mol. The van der Waals surface area contributed by atoms with E-state index in [9.17, 15) is 23.1 Å². The number of amides is 2. The fourth-order valence-electron chi connectivity index (χ4n) is 3.01. The Morgan fingerprint density at radius 3 is 2.19 bits per heavy atom. The van der Waals surface area contributed by atoms with E-state index in [1.54, 1.807) is 30.3 Å². The number of benzene rings is 3. The number of sulfone groups is 1. The Balaban J connectivity index is 1.71. The van der Waals surface area contributed by atoms with Crippen molar-refractivity contribution in [2.24, 2.45) is 0 Å². The quantitative estimate of drug-likeness (QED) is 0.488. The van der Waals surface area contributed by atoms with Crippen LogP contribution in [-0.2, 0) is 14.6 Å². The summed E-state index contributed by atoms with van der Waals surface area (Å²) in [6, 6.07) is 17.4. The van der Waals surface area contributed by atoms with Crippen molar-refractivity contribution in [1.29, 1.82) is 0 Å². The molecule has 32 heavy (non-hydrogen) atoms. The third kappa shape index (κ3) is 5.15. The Labute approximate surface area is 187 Å². The summed E-state index contributed by atoms with van der Waals surface area (Å²) in [5, 5.41) is 14.0. The summed E-state index contributed by atoms with van der Waals surface area (Å²) >= 11 is 0. The zero-order valence-electron chi connectivity index (χ0n) is 17.9. The zero-order chi connectivity index (χ0) is 23.5. The molecule has 166 valence electrons. The lowest BCUT2D eigenvalue weighted by Crippen LogP contribution is -2.32. The highest BCUT2D eigenvalue weighted by atomic mass is 32.2. The first kappa shape index (κ1) is 23.0. The molecular formula is C24H24N2O5S. The standard InChI is InChI=1S/C24H24N2O5S/c1-15-7-10-20(11-8-15)32(30,31)17(3)23(28)25-19-9-12-21(22(27)14-19)26-24(29)18-6-4-5-16(2)13-18/h4-14,17,27H,1-3H3,(H,25,28)(H,26,29). The zero-order valence-corrected chi connectivity index (χ0v) is 18.7. The maximum absolute atomic E-state index is 12.7. The Hall–Kier alpha value is -3.65. The van der Waals surface area contributed by atoms with E-state index < -0.39 is 26.9 Å². The maximum Gasteiger partial charge on any atom is 0.255 e. The molecule has 3 rings (SSSR count). The first-order valence-electron chi connectivity index (χ1n) is 9.90. The molecule has 0 aromatic heterocycles. The SMILES string of the molecule is Cc1ccc(S(=O)(=O)C(C)C(=O)Nc2ccc(NC(=O)c3cccc(C)c3)c(O)c2)cc1. The van der Waals surface area contributed by atoms with Crippen molar-refractivity contribution >= 4 is 33.0 Å². The summed E-state index contributed by atoms with van der Waals surface area (Å²) in [7, 11) is -3.88. The number of hydrogen-bond acceptors (Lipinski definition) is 5. The largest absolute Gasteiger partial charge is 0.506 e. The minimum absolute atomic E-state index is 0.0582. The summed E-state index contributed by atoms with van der Waals surface area (Å²) in [6.45, 7) is 5.01. The number of carbonyl (C=O) groups is 2. The molecule has 0 bridgehead atoms. The summed E-state index contributed by atoms with van der Waals surface area (Å²) in [4.78, 5) is 25.0.